The third-order valence-corrected chi connectivity index (χ3v) is 4.00. The number of carbonyl (C=O) groups is 3. The van der Waals surface area contributed by atoms with Crippen LogP contribution in [0, 0.1) is 5.92 Å². The quantitative estimate of drug-likeness (QED) is 0.682. The van der Waals surface area contributed by atoms with Crippen LogP contribution in [0.1, 0.15) is 12.0 Å². The van der Waals surface area contributed by atoms with Crippen LogP contribution in [0.4, 0.5) is 18.9 Å². The van der Waals surface area contributed by atoms with Gasteiger partial charge in [0.15, 0.2) is 0 Å². The van der Waals surface area contributed by atoms with Crippen molar-refractivity contribution in [3.05, 3.63) is 29.8 Å². The molecule has 1 unspecified atom stereocenters. The highest BCUT2D eigenvalue weighted by Crippen LogP contribution is 2.33. The van der Waals surface area contributed by atoms with E-state index in [1.165, 1.54) is 24.1 Å². The Morgan fingerprint density at radius 3 is 2.63 bits per heavy atom. The smallest absolute Gasteiger partial charge is 0.375 e. The molecule has 1 fully saturated rings. The summed E-state index contributed by atoms with van der Waals surface area (Å²) in [5.41, 5.74) is -0.746. The largest absolute Gasteiger partial charge is 0.416 e. The number of nitrogens with one attached hydrogen (secondary N) is 2. The molecular formula is C17H20F3N3O4. The van der Waals surface area contributed by atoms with Crippen molar-refractivity contribution in [2.24, 2.45) is 5.92 Å². The number of amides is 3. The zero-order chi connectivity index (χ0) is 20.0. The first-order chi connectivity index (χ1) is 12.7. The van der Waals surface area contributed by atoms with Crippen molar-refractivity contribution in [3.8, 4) is 0 Å². The van der Waals surface area contributed by atoms with Crippen LogP contribution in [-0.2, 0) is 25.3 Å². The van der Waals surface area contributed by atoms with E-state index in [4.69, 9.17) is 0 Å². The Balaban J connectivity index is 1.89. The Labute approximate surface area is 153 Å². The van der Waals surface area contributed by atoms with Gasteiger partial charge in [0.05, 0.1) is 11.5 Å². The van der Waals surface area contributed by atoms with Gasteiger partial charge in [-0.1, -0.05) is 6.07 Å². The molecule has 0 spiro atoms. The van der Waals surface area contributed by atoms with Gasteiger partial charge in [0.2, 0.25) is 17.7 Å². The first kappa shape index (κ1) is 20.7. The number of halogens is 3. The highest BCUT2D eigenvalue weighted by molar-refractivity contribution is 6.00. The molecule has 0 aromatic heterocycles. The fraction of sp³-hybridized carbons (Fsp3) is 0.471. The molecule has 1 aromatic rings. The first-order valence-electron chi connectivity index (χ1n) is 8.23. The molecule has 0 saturated carbocycles. The predicted molar refractivity (Wildman–Crippen MR) is 89.8 cm³/mol. The fourth-order valence-corrected chi connectivity index (χ4v) is 2.70. The van der Waals surface area contributed by atoms with E-state index < -0.39 is 23.6 Å². The van der Waals surface area contributed by atoms with E-state index in [1.54, 1.807) is 0 Å². The Bertz CT molecular complexity index is 709. The van der Waals surface area contributed by atoms with Gasteiger partial charge in [0, 0.05) is 38.9 Å². The SMILES string of the molecule is COCC(=O)NCCNC(=O)C1CC(=O)N(c2cccc(C(F)(F)F)c2)C1. The number of anilines is 1. The van der Waals surface area contributed by atoms with E-state index in [0.717, 1.165) is 12.1 Å². The van der Waals surface area contributed by atoms with E-state index in [9.17, 15) is 27.6 Å². The zero-order valence-corrected chi connectivity index (χ0v) is 14.6. The molecule has 1 aliphatic heterocycles. The minimum absolute atomic E-state index is 0.00200. The first-order valence-corrected chi connectivity index (χ1v) is 8.23. The lowest BCUT2D eigenvalue weighted by atomic mass is 10.1. The summed E-state index contributed by atoms with van der Waals surface area (Å²) in [5.74, 6) is -1.79. The highest BCUT2D eigenvalue weighted by Gasteiger charge is 2.36. The van der Waals surface area contributed by atoms with E-state index in [0.29, 0.717) is 0 Å². The highest BCUT2D eigenvalue weighted by atomic mass is 19.4. The molecule has 1 aromatic carbocycles. The number of benzene rings is 1. The summed E-state index contributed by atoms with van der Waals surface area (Å²) in [5, 5.41) is 5.13. The summed E-state index contributed by atoms with van der Waals surface area (Å²) in [4.78, 5) is 36.7. The van der Waals surface area contributed by atoms with Crippen LogP contribution in [0.2, 0.25) is 0 Å². The van der Waals surface area contributed by atoms with Crippen LogP contribution >= 0.6 is 0 Å². The van der Waals surface area contributed by atoms with Crippen LogP contribution in [0.15, 0.2) is 24.3 Å². The lowest BCUT2D eigenvalue weighted by Crippen LogP contribution is -2.39. The second kappa shape index (κ2) is 8.85. The average molecular weight is 387 g/mol. The molecule has 148 valence electrons. The number of methoxy groups -OCH3 is 1. The van der Waals surface area contributed by atoms with Crippen LogP contribution in [0.3, 0.4) is 0 Å². The van der Waals surface area contributed by atoms with Crippen LogP contribution < -0.4 is 15.5 Å². The van der Waals surface area contributed by atoms with Gasteiger partial charge >= 0.3 is 6.18 Å². The van der Waals surface area contributed by atoms with E-state index in [-0.39, 0.29) is 50.2 Å². The molecule has 7 nitrogen and oxygen atoms in total. The average Bonchev–Trinajstić information content (AvgIpc) is 3.00. The predicted octanol–water partition coefficient (Wildman–Crippen LogP) is 0.937. The number of alkyl halides is 3. The summed E-state index contributed by atoms with van der Waals surface area (Å²) in [7, 11) is 1.38. The number of nitrogens with zero attached hydrogens (tertiary/aromatic N) is 1. The monoisotopic (exact) mass is 387 g/mol. The summed E-state index contributed by atoms with van der Waals surface area (Å²) in [6, 6.07) is 4.44. The number of carbonyl (C=O) groups excluding carboxylic acids is 3. The molecule has 2 N–H and O–H groups in total. The number of rotatable bonds is 7. The molecule has 1 saturated heterocycles. The molecule has 3 amide bonds. The van der Waals surface area contributed by atoms with E-state index in [2.05, 4.69) is 15.4 Å². The Kier molecular flexibility index (Phi) is 6.78. The number of ether oxygens (including phenoxy) is 1. The standard InChI is InChI=1S/C17H20F3N3O4/c1-27-10-14(24)21-5-6-22-16(26)11-7-15(25)23(9-11)13-4-2-3-12(8-13)17(18,19)20/h2-4,8,11H,5-7,9-10H2,1H3,(H,21,24)(H,22,26). The third-order valence-electron chi connectivity index (χ3n) is 4.00. The Hall–Kier alpha value is -2.62. The molecule has 1 aliphatic rings. The molecule has 1 heterocycles. The summed E-state index contributed by atoms with van der Waals surface area (Å²) in [6.07, 6.45) is -4.60. The van der Waals surface area contributed by atoms with E-state index >= 15 is 0 Å². The van der Waals surface area contributed by atoms with Gasteiger partial charge < -0.3 is 20.3 Å². The van der Waals surface area contributed by atoms with Crippen molar-refractivity contribution < 1.29 is 32.3 Å². The van der Waals surface area contributed by atoms with Gasteiger partial charge in [-0.3, -0.25) is 14.4 Å². The maximum Gasteiger partial charge on any atom is 0.416 e. The van der Waals surface area contributed by atoms with Gasteiger partial charge in [-0.05, 0) is 18.2 Å². The summed E-state index contributed by atoms with van der Waals surface area (Å²) < 4.78 is 43.1. The van der Waals surface area contributed by atoms with Crippen molar-refractivity contribution in [1.82, 2.24) is 10.6 Å². The van der Waals surface area contributed by atoms with E-state index in [1.807, 2.05) is 0 Å². The lowest BCUT2D eigenvalue weighted by molar-refractivity contribution is -0.137. The molecule has 0 aliphatic carbocycles. The van der Waals surface area contributed by atoms with Crippen molar-refractivity contribution in [2.75, 3.05) is 38.3 Å². The number of hydrogen-bond donors (Lipinski definition) is 2. The van der Waals surface area contributed by atoms with Gasteiger partial charge in [-0.25, -0.2) is 0 Å². The second-order valence-electron chi connectivity index (χ2n) is 6.03. The lowest BCUT2D eigenvalue weighted by Gasteiger charge is -2.18. The maximum atomic E-state index is 12.8. The molecule has 10 heteroatoms. The molecule has 27 heavy (non-hydrogen) atoms. The van der Waals surface area contributed by atoms with Crippen LogP contribution in [-0.4, -0.2) is 51.1 Å². The Morgan fingerprint density at radius 1 is 1.26 bits per heavy atom. The van der Waals surface area contributed by atoms with Crippen molar-refractivity contribution in [2.45, 2.75) is 12.6 Å². The molecule has 0 radical (unpaired) electrons. The minimum atomic E-state index is -4.51. The van der Waals surface area contributed by atoms with Gasteiger partial charge in [-0.15, -0.1) is 0 Å². The molecule has 2 rings (SSSR count). The van der Waals surface area contributed by atoms with Crippen molar-refractivity contribution in [3.63, 3.8) is 0 Å². The van der Waals surface area contributed by atoms with Gasteiger partial charge in [0.1, 0.15) is 6.61 Å². The maximum absolute atomic E-state index is 12.8. The molecule has 1 atom stereocenters. The normalized spacial score (nSPS) is 17.1. The van der Waals surface area contributed by atoms with Crippen molar-refractivity contribution in [1.29, 1.82) is 0 Å². The van der Waals surface area contributed by atoms with Crippen molar-refractivity contribution >= 4 is 23.4 Å². The minimum Gasteiger partial charge on any atom is -0.375 e. The van der Waals surface area contributed by atoms with Gasteiger partial charge in [-0.2, -0.15) is 13.2 Å². The second-order valence-corrected chi connectivity index (χ2v) is 6.03. The molecule has 0 bridgehead atoms. The third kappa shape index (κ3) is 5.68. The zero-order valence-electron chi connectivity index (χ0n) is 14.6. The van der Waals surface area contributed by atoms with Crippen LogP contribution in [0.25, 0.3) is 0 Å². The number of hydrogen-bond acceptors (Lipinski definition) is 4. The Morgan fingerprint density at radius 2 is 1.96 bits per heavy atom. The van der Waals surface area contributed by atoms with Gasteiger partial charge in [0.25, 0.3) is 0 Å². The van der Waals surface area contributed by atoms with Crippen LogP contribution in [0.5, 0.6) is 0 Å². The summed E-state index contributed by atoms with van der Waals surface area (Å²) in [6.45, 7) is 0.285. The summed E-state index contributed by atoms with van der Waals surface area (Å²) >= 11 is 0. The molecular weight excluding hydrogens is 367 g/mol. The topological polar surface area (TPSA) is 87.7 Å². The fourth-order valence-electron chi connectivity index (χ4n) is 2.70.